The molecule has 0 bridgehead atoms. The number of fused-ring (bicyclic) bond motifs is 3. The van der Waals surface area contributed by atoms with Crippen LogP contribution >= 0.6 is 0 Å². The van der Waals surface area contributed by atoms with E-state index in [0.717, 1.165) is 45.2 Å². The molecule has 0 aliphatic rings. The van der Waals surface area contributed by atoms with E-state index in [-0.39, 0.29) is 0 Å². The fraction of sp³-hybridized carbons (Fsp3) is 0.138. The zero-order valence-electron chi connectivity index (χ0n) is 18.2. The molecular weight excluding hydrogens is 396 g/mol. The van der Waals surface area contributed by atoms with E-state index < -0.39 is 6.16 Å². The number of hydrogen-bond acceptors (Lipinski definition) is 3. The Morgan fingerprint density at radius 2 is 1.25 bits per heavy atom. The van der Waals surface area contributed by atoms with Gasteiger partial charge < -0.3 is 9.47 Å². The number of ether oxygens (including phenoxy) is 2. The average Bonchev–Trinajstić information content (AvgIpc) is 2.83. The Hall–Kier alpha value is -3.85. The summed E-state index contributed by atoms with van der Waals surface area (Å²) in [6, 6.07) is 28.2. The Kier molecular flexibility index (Phi) is 5.24. The summed E-state index contributed by atoms with van der Waals surface area (Å²) in [5, 5.41) is 5.78. The van der Waals surface area contributed by atoms with Crippen molar-refractivity contribution in [2.45, 2.75) is 26.7 Å². The van der Waals surface area contributed by atoms with Gasteiger partial charge in [0.25, 0.3) is 0 Å². The van der Waals surface area contributed by atoms with Crippen LogP contribution in [0.5, 0.6) is 11.5 Å². The van der Waals surface area contributed by atoms with Gasteiger partial charge in [0, 0.05) is 16.2 Å². The first-order valence-electron chi connectivity index (χ1n) is 11.0. The molecule has 5 aromatic rings. The SMILES string of the molecule is CCc1ccc2cc3ccc(CC)cc3c(OC(=O)Oc3cccc4ccccc34)c2c1. The standard InChI is InChI=1S/C29H24O3/c1-3-19-12-14-22-18-23-15-13-20(4-2)17-26(23)28(25(22)16-19)32-29(30)31-27-11-7-9-21-8-5-6-10-24(21)27/h5-18H,3-4H2,1-2H3. The molecule has 0 atom stereocenters. The Labute approximate surface area is 187 Å². The van der Waals surface area contributed by atoms with E-state index in [2.05, 4.69) is 56.3 Å². The van der Waals surface area contributed by atoms with Crippen LogP contribution in [0.2, 0.25) is 0 Å². The molecule has 5 rings (SSSR count). The summed E-state index contributed by atoms with van der Waals surface area (Å²) in [6.07, 6.45) is 1.07. The Morgan fingerprint density at radius 3 is 1.91 bits per heavy atom. The fourth-order valence-corrected chi connectivity index (χ4v) is 4.19. The third-order valence-electron chi connectivity index (χ3n) is 5.98. The van der Waals surface area contributed by atoms with Gasteiger partial charge in [0.05, 0.1) is 0 Å². The molecule has 0 radical (unpaired) electrons. The molecule has 158 valence electrons. The summed E-state index contributed by atoms with van der Waals surface area (Å²) in [5.41, 5.74) is 2.38. The van der Waals surface area contributed by atoms with Gasteiger partial charge in [-0.3, -0.25) is 0 Å². The number of benzene rings is 5. The monoisotopic (exact) mass is 420 g/mol. The van der Waals surface area contributed by atoms with E-state index in [1.54, 1.807) is 6.07 Å². The van der Waals surface area contributed by atoms with Gasteiger partial charge >= 0.3 is 6.16 Å². The maximum absolute atomic E-state index is 13.0. The zero-order chi connectivity index (χ0) is 22.1. The molecule has 0 fully saturated rings. The number of aryl methyl sites for hydroxylation is 2. The summed E-state index contributed by atoms with van der Waals surface area (Å²) in [6.45, 7) is 4.24. The molecule has 0 saturated carbocycles. The molecule has 0 aliphatic carbocycles. The predicted molar refractivity (Wildman–Crippen MR) is 131 cm³/mol. The summed E-state index contributed by atoms with van der Waals surface area (Å²) < 4.78 is 11.6. The normalized spacial score (nSPS) is 11.2. The lowest BCUT2D eigenvalue weighted by Gasteiger charge is -2.14. The molecule has 0 N–H and O–H groups in total. The van der Waals surface area contributed by atoms with Crippen molar-refractivity contribution in [1.82, 2.24) is 0 Å². The highest BCUT2D eigenvalue weighted by atomic mass is 16.7. The van der Waals surface area contributed by atoms with Gasteiger partial charge in [0.2, 0.25) is 0 Å². The Morgan fingerprint density at radius 1 is 0.625 bits per heavy atom. The van der Waals surface area contributed by atoms with E-state index in [9.17, 15) is 4.79 Å². The first-order chi connectivity index (χ1) is 15.7. The van der Waals surface area contributed by atoms with Gasteiger partial charge in [0.15, 0.2) is 0 Å². The highest BCUT2D eigenvalue weighted by Crippen LogP contribution is 2.37. The van der Waals surface area contributed by atoms with Crippen molar-refractivity contribution in [3.05, 3.63) is 96.1 Å². The van der Waals surface area contributed by atoms with Crippen molar-refractivity contribution in [3.8, 4) is 11.5 Å². The second kappa shape index (κ2) is 8.35. The molecule has 0 saturated heterocycles. The van der Waals surface area contributed by atoms with Crippen LogP contribution in [-0.4, -0.2) is 6.16 Å². The van der Waals surface area contributed by atoms with Crippen LogP contribution in [0.3, 0.4) is 0 Å². The van der Waals surface area contributed by atoms with Crippen LogP contribution < -0.4 is 9.47 Å². The molecule has 0 aliphatic heterocycles. The smallest absolute Gasteiger partial charge is 0.394 e. The molecule has 0 unspecified atom stereocenters. The summed E-state index contributed by atoms with van der Waals surface area (Å²) in [7, 11) is 0. The van der Waals surface area contributed by atoms with E-state index in [0.29, 0.717) is 11.5 Å². The van der Waals surface area contributed by atoms with Gasteiger partial charge in [-0.05, 0) is 64.4 Å². The minimum atomic E-state index is -0.737. The van der Waals surface area contributed by atoms with Crippen molar-refractivity contribution >= 4 is 38.5 Å². The fourth-order valence-electron chi connectivity index (χ4n) is 4.19. The molecular formula is C29H24O3. The van der Waals surface area contributed by atoms with Crippen molar-refractivity contribution in [1.29, 1.82) is 0 Å². The maximum Gasteiger partial charge on any atom is 0.519 e. The van der Waals surface area contributed by atoms with Gasteiger partial charge in [-0.15, -0.1) is 0 Å². The largest absolute Gasteiger partial charge is 0.519 e. The molecule has 0 heterocycles. The highest BCUT2D eigenvalue weighted by Gasteiger charge is 2.17. The van der Waals surface area contributed by atoms with E-state index in [1.165, 1.54) is 11.1 Å². The number of carbonyl (C=O) groups is 1. The van der Waals surface area contributed by atoms with Crippen LogP contribution in [0.1, 0.15) is 25.0 Å². The number of rotatable bonds is 4. The van der Waals surface area contributed by atoms with Gasteiger partial charge in [-0.2, -0.15) is 0 Å². The van der Waals surface area contributed by atoms with Crippen LogP contribution in [0.15, 0.2) is 84.9 Å². The second-order valence-corrected chi connectivity index (χ2v) is 7.96. The van der Waals surface area contributed by atoms with Crippen molar-refractivity contribution in [2.24, 2.45) is 0 Å². The lowest BCUT2D eigenvalue weighted by atomic mass is 9.98. The molecule has 5 aromatic carbocycles. The van der Waals surface area contributed by atoms with Gasteiger partial charge in [-0.1, -0.05) is 74.5 Å². The van der Waals surface area contributed by atoms with Crippen molar-refractivity contribution in [2.75, 3.05) is 0 Å². The molecule has 0 amide bonds. The minimum absolute atomic E-state index is 0.487. The van der Waals surface area contributed by atoms with E-state index in [4.69, 9.17) is 9.47 Å². The number of carbonyl (C=O) groups excluding carboxylic acids is 1. The third kappa shape index (κ3) is 3.67. The zero-order valence-corrected chi connectivity index (χ0v) is 18.2. The molecule has 3 heteroatoms. The van der Waals surface area contributed by atoms with Crippen LogP contribution in [-0.2, 0) is 12.8 Å². The summed E-state index contributed by atoms with van der Waals surface area (Å²) >= 11 is 0. The van der Waals surface area contributed by atoms with E-state index in [1.807, 2.05) is 36.4 Å². The van der Waals surface area contributed by atoms with Gasteiger partial charge in [-0.25, -0.2) is 4.79 Å². The van der Waals surface area contributed by atoms with Crippen LogP contribution in [0, 0.1) is 0 Å². The summed E-state index contributed by atoms with van der Waals surface area (Å²) in [4.78, 5) is 13.0. The molecule has 0 aromatic heterocycles. The van der Waals surface area contributed by atoms with Crippen LogP contribution in [0.4, 0.5) is 4.79 Å². The quantitative estimate of drug-likeness (QED) is 0.169. The second-order valence-electron chi connectivity index (χ2n) is 7.96. The van der Waals surface area contributed by atoms with Gasteiger partial charge in [0.1, 0.15) is 11.5 Å². The topological polar surface area (TPSA) is 35.5 Å². The Bertz CT molecular complexity index is 1400. The third-order valence-corrected chi connectivity index (χ3v) is 5.98. The van der Waals surface area contributed by atoms with Crippen molar-refractivity contribution < 1.29 is 14.3 Å². The highest BCUT2D eigenvalue weighted by molar-refractivity contribution is 6.06. The molecule has 3 nitrogen and oxygen atoms in total. The number of hydrogen-bond donors (Lipinski definition) is 0. The maximum atomic E-state index is 13.0. The first-order valence-corrected chi connectivity index (χ1v) is 11.0. The first kappa shape index (κ1) is 20.1. The van der Waals surface area contributed by atoms with Crippen LogP contribution in [0.25, 0.3) is 32.3 Å². The van der Waals surface area contributed by atoms with E-state index >= 15 is 0 Å². The lowest BCUT2D eigenvalue weighted by molar-refractivity contribution is 0.153. The minimum Gasteiger partial charge on any atom is -0.394 e. The van der Waals surface area contributed by atoms with Crippen molar-refractivity contribution in [3.63, 3.8) is 0 Å². The molecule has 32 heavy (non-hydrogen) atoms. The predicted octanol–water partition coefficient (Wildman–Crippen LogP) is 7.85. The average molecular weight is 421 g/mol. The lowest BCUT2D eigenvalue weighted by Crippen LogP contribution is -2.14. The molecule has 0 spiro atoms. The summed E-state index contributed by atoms with van der Waals surface area (Å²) in [5.74, 6) is 1.04. The Balaban J connectivity index is 1.61.